The lowest BCUT2D eigenvalue weighted by molar-refractivity contribution is -0.126. The Balaban J connectivity index is 2.42. The van der Waals surface area contributed by atoms with Crippen molar-refractivity contribution in [1.82, 2.24) is 5.32 Å². The van der Waals surface area contributed by atoms with Gasteiger partial charge in [-0.3, -0.25) is 4.79 Å². The van der Waals surface area contributed by atoms with Gasteiger partial charge >= 0.3 is 0 Å². The Morgan fingerprint density at radius 1 is 1.59 bits per heavy atom. The maximum Gasteiger partial charge on any atom is 0.223 e. The van der Waals surface area contributed by atoms with Gasteiger partial charge in [0, 0.05) is 23.3 Å². The lowest BCUT2D eigenvalue weighted by Gasteiger charge is -2.28. The Morgan fingerprint density at radius 3 is 2.82 bits per heavy atom. The maximum absolute atomic E-state index is 12.0. The van der Waals surface area contributed by atoms with Gasteiger partial charge in [-0.05, 0) is 32.4 Å². The summed E-state index contributed by atoms with van der Waals surface area (Å²) in [5.74, 6) is 0.155. The van der Waals surface area contributed by atoms with Gasteiger partial charge < -0.3 is 16.2 Å². The molecule has 100 valence electrons. The quantitative estimate of drug-likeness (QED) is 0.681. The monoisotopic (exact) mass is 260 g/mol. The number of aliphatic hydroxyl groups is 1. The molecule has 0 aromatic carbocycles. The van der Waals surface area contributed by atoms with Crippen molar-refractivity contribution in [3.05, 3.63) is 0 Å². The minimum atomic E-state index is 0.000603. The van der Waals surface area contributed by atoms with Gasteiger partial charge in [0.25, 0.3) is 0 Å². The molecule has 0 aliphatic heterocycles. The number of aliphatic hydroxyl groups excluding tert-OH is 1. The largest absolute Gasteiger partial charge is 0.395 e. The molecule has 0 saturated heterocycles. The van der Waals surface area contributed by atoms with Gasteiger partial charge in [-0.25, -0.2) is 0 Å². The SMILES string of the molecule is CSC(CO)C(C)NC(=O)C1CCCC(N)C1. The molecule has 5 heteroatoms. The summed E-state index contributed by atoms with van der Waals surface area (Å²) in [6.45, 7) is 2.03. The van der Waals surface area contributed by atoms with Crippen LogP contribution in [0.3, 0.4) is 0 Å². The van der Waals surface area contributed by atoms with Gasteiger partial charge in [-0.2, -0.15) is 11.8 Å². The van der Waals surface area contributed by atoms with Crippen LogP contribution in [0.5, 0.6) is 0 Å². The molecular formula is C12H24N2O2S. The first-order chi connectivity index (χ1) is 8.08. The molecule has 4 atom stereocenters. The number of nitrogens with two attached hydrogens (primary N) is 1. The molecule has 0 bridgehead atoms. The zero-order chi connectivity index (χ0) is 12.8. The lowest BCUT2D eigenvalue weighted by atomic mass is 9.85. The van der Waals surface area contributed by atoms with Crippen molar-refractivity contribution in [2.75, 3.05) is 12.9 Å². The van der Waals surface area contributed by atoms with Crippen LogP contribution in [0.15, 0.2) is 0 Å². The van der Waals surface area contributed by atoms with Crippen LogP contribution in [0.2, 0.25) is 0 Å². The van der Waals surface area contributed by atoms with E-state index in [0.29, 0.717) is 0 Å². The molecule has 0 aromatic rings. The molecule has 1 rings (SSSR count). The first-order valence-electron chi connectivity index (χ1n) is 6.28. The van der Waals surface area contributed by atoms with Crippen LogP contribution in [0.25, 0.3) is 0 Å². The summed E-state index contributed by atoms with van der Waals surface area (Å²) in [6.07, 6.45) is 5.75. The van der Waals surface area contributed by atoms with Crippen molar-refractivity contribution < 1.29 is 9.90 Å². The fourth-order valence-corrected chi connectivity index (χ4v) is 2.96. The smallest absolute Gasteiger partial charge is 0.223 e. The highest BCUT2D eigenvalue weighted by molar-refractivity contribution is 7.99. The Bertz CT molecular complexity index is 247. The molecule has 1 aliphatic rings. The van der Waals surface area contributed by atoms with E-state index in [1.807, 2.05) is 13.2 Å². The second-order valence-corrected chi connectivity index (χ2v) is 5.95. The Morgan fingerprint density at radius 2 is 2.29 bits per heavy atom. The van der Waals surface area contributed by atoms with Crippen molar-refractivity contribution in [2.45, 2.75) is 49.9 Å². The second kappa shape index (κ2) is 7.24. The van der Waals surface area contributed by atoms with Crippen LogP contribution in [0.4, 0.5) is 0 Å². The summed E-state index contributed by atoms with van der Waals surface area (Å²) in [5.41, 5.74) is 5.88. The number of nitrogens with one attached hydrogen (secondary N) is 1. The fourth-order valence-electron chi connectivity index (χ4n) is 2.34. The highest BCUT2D eigenvalue weighted by atomic mass is 32.2. The summed E-state index contributed by atoms with van der Waals surface area (Å²) in [7, 11) is 0. The molecule has 1 amide bonds. The molecule has 17 heavy (non-hydrogen) atoms. The van der Waals surface area contributed by atoms with Crippen LogP contribution in [-0.2, 0) is 4.79 Å². The van der Waals surface area contributed by atoms with Gasteiger partial charge in [0.15, 0.2) is 0 Å². The van der Waals surface area contributed by atoms with Crippen molar-refractivity contribution in [2.24, 2.45) is 11.7 Å². The number of amides is 1. The lowest BCUT2D eigenvalue weighted by Crippen LogP contribution is -2.45. The van der Waals surface area contributed by atoms with Crippen LogP contribution in [0, 0.1) is 5.92 Å². The molecule has 1 fully saturated rings. The molecule has 0 aromatic heterocycles. The van der Waals surface area contributed by atoms with Crippen molar-refractivity contribution in [1.29, 1.82) is 0 Å². The molecule has 4 unspecified atom stereocenters. The zero-order valence-corrected chi connectivity index (χ0v) is 11.5. The van der Waals surface area contributed by atoms with E-state index < -0.39 is 0 Å². The molecule has 4 N–H and O–H groups in total. The predicted octanol–water partition coefficient (Wildman–Crippen LogP) is 0.732. The number of thioether (sulfide) groups is 1. The standard InChI is InChI=1S/C12H24N2O2S/c1-8(11(7-15)17-2)14-12(16)9-4-3-5-10(13)6-9/h8-11,15H,3-7,13H2,1-2H3,(H,14,16). The molecule has 0 heterocycles. The Labute approximate surface area is 108 Å². The summed E-state index contributed by atoms with van der Waals surface area (Å²) < 4.78 is 0. The van der Waals surface area contributed by atoms with Crippen molar-refractivity contribution >= 4 is 17.7 Å². The first kappa shape index (κ1) is 14.8. The summed E-state index contributed by atoms with van der Waals surface area (Å²) >= 11 is 1.58. The maximum atomic E-state index is 12.0. The normalized spacial score (nSPS) is 28.5. The molecule has 1 aliphatic carbocycles. The minimum absolute atomic E-state index is 0.000603. The number of hydrogen-bond acceptors (Lipinski definition) is 4. The van der Waals surface area contributed by atoms with Gasteiger partial charge in [-0.15, -0.1) is 0 Å². The molecule has 0 spiro atoms. The van der Waals surface area contributed by atoms with Crippen molar-refractivity contribution in [3.63, 3.8) is 0 Å². The minimum Gasteiger partial charge on any atom is -0.395 e. The van der Waals surface area contributed by atoms with E-state index in [4.69, 9.17) is 10.8 Å². The average molecular weight is 260 g/mol. The second-order valence-electron chi connectivity index (χ2n) is 4.88. The fraction of sp³-hybridized carbons (Fsp3) is 0.917. The van der Waals surface area contributed by atoms with E-state index in [0.717, 1.165) is 25.7 Å². The van der Waals surface area contributed by atoms with Crippen LogP contribution in [-0.4, -0.2) is 41.2 Å². The number of rotatable bonds is 5. The third kappa shape index (κ3) is 4.48. The van der Waals surface area contributed by atoms with Gasteiger partial charge in [0.05, 0.1) is 6.61 Å². The van der Waals surface area contributed by atoms with Gasteiger partial charge in [0.1, 0.15) is 0 Å². The summed E-state index contributed by atoms with van der Waals surface area (Å²) in [4.78, 5) is 12.0. The van der Waals surface area contributed by atoms with E-state index in [1.165, 1.54) is 0 Å². The predicted molar refractivity (Wildman–Crippen MR) is 71.9 cm³/mol. The van der Waals surface area contributed by atoms with E-state index in [1.54, 1.807) is 11.8 Å². The van der Waals surface area contributed by atoms with Gasteiger partial charge in [-0.1, -0.05) is 6.42 Å². The third-order valence-corrected chi connectivity index (χ3v) is 4.66. The number of carbonyl (C=O) groups is 1. The van der Waals surface area contributed by atoms with E-state index >= 15 is 0 Å². The Hall–Kier alpha value is -0.260. The summed E-state index contributed by atoms with van der Waals surface area (Å²) in [5, 5.41) is 12.2. The first-order valence-corrected chi connectivity index (χ1v) is 7.56. The molecule has 0 radical (unpaired) electrons. The molecular weight excluding hydrogens is 236 g/mol. The van der Waals surface area contributed by atoms with Crippen LogP contribution < -0.4 is 11.1 Å². The number of hydrogen-bond donors (Lipinski definition) is 3. The summed E-state index contributed by atoms with van der Waals surface area (Å²) in [6, 6.07) is 0.171. The molecule has 4 nitrogen and oxygen atoms in total. The molecule has 1 saturated carbocycles. The third-order valence-electron chi connectivity index (χ3n) is 3.50. The van der Waals surface area contributed by atoms with E-state index in [9.17, 15) is 4.79 Å². The van der Waals surface area contributed by atoms with E-state index in [-0.39, 0.29) is 35.8 Å². The highest BCUT2D eigenvalue weighted by Gasteiger charge is 2.27. The average Bonchev–Trinajstić information content (AvgIpc) is 2.30. The Kier molecular flexibility index (Phi) is 6.30. The topological polar surface area (TPSA) is 75.3 Å². The van der Waals surface area contributed by atoms with Gasteiger partial charge in [0.2, 0.25) is 5.91 Å². The number of carbonyl (C=O) groups excluding carboxylic acids is 1. The van der Waals surface area contributed by atoms with Crippen molar-refractivity contribution in [3.8, 4) is 0 Å². The van der Waals surface area contributed by atoms with E-state index in [2.05, 4.69) is 5.32 Å². The van der Waals surface area contributed by atoms with Crippen LogP contribution in [0.1, 0.15) is 32.6 Å². The zero-order valence-electron chi connectivity index (χ0n) is 10.7. The van der Waals surface area contributed by atoms with Crippen LogP contribution >= 0.6 is 11.8 Å². The highest BCUT2D eigenvalue weighted by Crippen LogP contribution is 2.23.